The van der Waals surface area contributed by atoms with Crippen molar-refractivity contribution in [3.63, 3.8) is 0 Å². The molecular formula is C14H12ClF2NO. The van der Waals surface area contributed by atoms with Gasteiger partial charge < -0.3 is 5.11 Å². The Labute approximate surface area is 114 Å². The van der Waals surface area contributed by atoms with Crippen molar-refractivity contribution in [1.82, 2.24) is 4.98 Å². The first kappa shape index (κ1) is 13.9. The van der Waals surface area contributed by atoms with E-state index in [1.165, 1.54) is 31.3 Å². The summed E-state index contributed by atoms with van der Waals surface area (Å²) in [6.07, 6.45) is 2.32. The number of halogens is 3. The Hall–Kier alpha value is -1.52. The van der Waals surface area contributed by atoms with Gasteiger partial charge >= 0.3 is 0 Å². The Kier molecular flexibility index (Phi) is 3.83. The van der Waals surface area contributed by atoms with Gasteiger partial charge in [0.05, 0.1) is 11.8 Å². The van der Waals surface area contributed by atoms with E-state index >= 15 is 0 Å². The lowest BCUT2D eigenvalue weighted by Gasteiger charge is -2.24. The summed E-state index contributed by atoms with van der Waals surface area (Å²) in [5.74, 6) is -1.06. The largest absolute Gasteiger partial charge is 0.385 e. The molecule has 0 fully saturated rings. The van der Waals surface area contributed by atoms with Crippen LogP contribution in [0.3, 0.4) is 0 Å². The van der Waals surface area contributed by atoms with Crippen molar-refractivity contribution in [2.45, 2.75) is 18.9 Å². The number of aliphatic hydroxyl groups is 1. The second-order valence-electron chi connectivity index (χ2n) is 4.54. The highest BCUT2D eigenvalue weighted by Gasteiger charge is 2.27. The zero-order chi connectivity index (χ0) is 14.0. The molecule has 0 aliphatic carbocycles. The molecule has 0 saturated carbocycles. The van der Waals surface area contributed by atoms with Crippen molar-refractivity contribution in [3.8, 4) is 0 Å². The maximum Gasteiger partial charge on any atom is 0.141 e. The molecule has 1 aromatic heterocycles. The van der Waals surface area contributed by atoms with E-state index in [1.807, 2.05) is 0 Å². The van der Waals surface area contributed by atoms with E-state index in [4.69, 9.17) is 11.6 Å². The number of hydrogen-bond acceptors (Lipinski definition) is 2. The minimum atomic E-state index is -1.46. The summed E-state index contributed by atoms with van der Waals surface area (Å²) in [6.45, 7) is 1.46. The first-order chi connectivity index (χ1) is 8.90. The van der Waals surface area contributed by atoms with Crippen molar-refractivity contribution in [2.24, 2.45) is 0 Å². The smallest absolute Gasteiger partial charge is 0.141 e. The van der Waals surface area contributed by atoms with Crippen LogP contribution in [0.1, 0.15) is 18.1 Å². The van der Waals surface area contributed by atoms with Crippen LogP contribution < -0.4 is 0 Å². The van der Waals surface area contributed by atoms with E-state index in [9.17, 15) is 13.9 Å². The third-order valence-corrected chi connectivity index (χ3v) is 3.26. The van der Waals surface area contributed by atoms with Crippen LogP contribution in [0.2, 0.25) is 5.02 Å². The summed E-state index contributed by atoms with van der Waals surface area (Å²) < 4.78 is 26.8. The molecule has 1 heterocycles. The van der Waals surface area contributed by atoms with Gasteiger partial charge in [-0.2, -0.15) is 0 Å². The number of benzene rings is 1. The summed E-state index contributed by atoms with van der Waals surface area (Å²) in [5, 5.41) is 10.6. The Morgan fingerprint density at radius 3 is 2.68 bits per heavy atom. The van der Waals surface area contributed by atoms with Crippen LogP contribution in [0.5, 0.6) is 0 Å². The minimum Gasteiger partial charge on any atom is -0.385 e. The number of hydrogen-bond donors (Lipinski definition) is 1. The molecular weight excluding hydrogens is 272 g/mol. The second-order valence-corrected chi connectivity index (χ2v) is 4.95. The third kappa shape index (κ3) is 3.08. The summed E-state index contributed by atoms with van der Waals surface area (Å²) in [4.78, 5) is 3.68. The van der Waals surface area contributed by atoms with Crippen LogP contribution in [0.25, 0.3) is 0 Å². The lowest BCUT2D eigenvalue weighted by molar-refractivity contribution is 0.0560. The SMILES string of the molecule is CC(O)(Cc1c(F)cccc1Cl)c1cncc(F)c1. The van der Waals surface area contributed by atoms with Crippen LogP contribution in [-0.2, 0) is 12.0 Å². The van der Waals surface area contributed by atoms with Crippen LogP contribution in [0, 0.1) is 11.6 Å². The van der Waals surface area contributed by atoms with Gasteiger partial charge in [0, 0.05) is 28.8 Å². The summed E-state index contributed by atoms with van der Waals surface area (Å²) >= 11 is 5.91. The first-order valence-electron chi connectivity index (χ1n) is 5.66. The average molecular weight is 284 g/mol. The first-order valence-corrected chi connectivity index (χ1v) is 6.04. The molecule has 0 radical (unpaired) electrons. The van der Waals surface area contributed by atoms with Gasteiger partial charge in [0.1, 0.15) is 11.6 Å². The summed E-state index contributed by atoms with van der Waals surface area (Å²) in [7, 11) is 0. The highest BCUT2D eigenvalue weighted by Crippen LogP contribution is 2.29. The van der Waals surface area contributed by atoms with Crippen LogP contribution >= 0.6 is 11.6 Å². The second kappa shape index (κ2) is 5.23. The molecule has 0 bridgehead atoms. The van der Waals surface area contributed by atoms with Gasteiger partial charge in [0.15, 0.2) is 0 Å². The van der Waals surface area contributed by atoms with E-state index in [1.54, 1.807) is 6.07 Å². The van der Waals surface area contributed by atoms with Crippen molar-refractivity contribution in [3.05, 3.63) is 64.4 Å². The fourth-order valence-electron chi connectivity index (χ4n) is 1.85. The van der Waals surface area contributed by atoms with Crippen molar-refractivity contribution < 1.29 is 13.9 Å². The molecule has 1 N–H and O–H groups in total. The van der Waals surface area contributed by atoms with E-state index in [2.05, 4.69) is 4.98 Å². The van der Waals surface area contributed by atoms with Crippen LogP contribution in [-0.4, -0.2) is 10.1 Å². The van der Waals surface area contributed by atoms with Crippen molar-refractivity contribution >= 4 is 11.6 Å². The molecule has 0 spiro atoms. The van der Waals surface area contributed by atoms with Crippen LogP contribution in [0.4, 0.5) is 8.78 Å². The molecule has 0 aliphatic rings. The van der Waals surface area contributed by atoms with Gasteiger partial charge in [-0.15, -0.1) is 0 Å². The van der Waals surface area contributed by atoms with Crippen LogP contribution in [0.15, 0.2) is 36.7 Å². The Morgan fingerprint density at radius 2 is 2.05 bits per heavy atom. The van der Waals surface area contributed by atoms with Crippen molar-refractivity contribution in [1.29, 1.82) is 0 Å². The molecule has 0 amide bonds. The Balaban J connectivity index is 2.36. The predicted octanol–water partition coefficient (Wildman–Crippen LogP) is 3.46. The molecule has 2 rings (SSSR count). The Bertz CT molecular complexity index is 581. The minimum absolute atomic E-state index is 0.0658. The topological polar surface area (TPSA) is 33.1 Å². The zero-order valence-electron chi connectivity index (χ0n) is 10.2. The van der Waals surface area contributed by atoms with Crippen molar-refractivity contribution in [2.75, 3.05) is 0 Å². The lowest BCUT2D eigenvalue weighted by Crippen LogP contribution is -2.25. The number of rotatable bonds is 3. The average Bonchev–Trinajstić information content (AvgIpc) is 2.34. The fourth-order valence-corrected chi connectivity index (χ4v) is 2.08. The lowest BCUT2D eigenvalue weighted by atomic mass is 9.90. The highest BCUT2D eigenvalue weighted by atomic mass is 35.5. The fraction of sp³-hybridized carbons (Fsp3) is 0.214. The summed E-state index contributed by atoms with van der Waals surface area (Å²) in [6, 6.07) is 5.46. The van der Waals surface area contributed by atoms with Gasteiger partial charge in [-0.05, 0) is 25.1 Å². The molecule has 1 unspecified atom stereocenters. The monoisotopic (exact) mass is 283 g/mol. The normalized spacial score (nSPS) is 14.2. The van der Waals surface area contributed by atoms with E-state index in [0.717, 1.165) is 6.20 Å². The highest BCUT2D eigenvalue weighted by molar-refractivity contribution is 6.31. The quantitative estimate of drug-likeness (QED) is 0.936. The van der Waals surface area contributed by atoms with E-state index in [-0.39, 0.29) is 22.6 Å². The maximum absolute atomic E-state index is 13.7. The molecule has 2 nitrogen and oxygen atoms in total. The zero-order valence-corrected chi connectivity index (χ0v) is 11.0. The van der Waals surface area contributed by atoms with Gasteiger partial charge in [-0.3, -0.25) is 4.98 Å². The van der Waals surface area contributed by atoms with Gasteiger partial charge in [-0.25, -0.2) is 8.78 Å². The third-order valence-electron chi connectivity index (χ3n) is 2.91. The van der Waals surface area contributed by atoms with E-state index < -0.39 is 17.2 Å². The molecule has 0 saturated heterocycles. The molecule has 0 aliphatic heterocycles. The standard InChI is InChI=1S/C14H12ClF2NO/c1-14(19,9-5-10(16)8-18-7-9)6-11-12(15)3-2-4-13(11)17/h2-5,7-8,19H,6H2,1H3. The molecule has 19 heavy (non-hydrogen) atoms. The molecule has 1 aromatic carbocycles. The molecule has 100 valence electrons. The van der Waals surface area contributed by atoms with Gasteiger partial charge in [0.2, 0.25) is 0 Å². The Morgan fingerprint density at radius 1 is 1.32 bits per heavy atom. The molecule has 5 heteroatoms. The predicted molar refractivity (Wildman–Crippen MR) is 68.9 cm³/mol. The van der Waals surface area contributed by atoms with E-state index in [0.29, 0.717) is 0 Å². The molecule has 2 aromatic rings. The van der Waals surface area contributed by atoms with Gasteiger partial charge in [0.25, 0.3) is 0 Å². The number of nitrogens with zero attached hydrogens (tertiary/aromatic N) is 1. The maximum atomic E-state index is 13.7. The molecule has 1 atom stereocenters. The number of pyridine rings is 1. The van der Waals surface area contributed by atoms with Gasteiger partial charge in [-0.1, -0.05) is 17.7 Å². The summed E-state index contributed by atoms with van der Waals surface area (Å²) in [5.41, 5.74) is -0.994. The number of aromatic nitrogens is 1.